The highest BCUT2D eigenvalue weighted by Gasteiger charge is 2.10. The summed E-state index contributed by atoms with van der Waals surface area (Å²) < 4.78 is 11.2. The van der Waals surface area contributed by atoms with E-state index in [4.69, 9.17) is 32.7 Å². The minimum Gasteiger partial charge on any atom is -0.494 e. The smallest absolute Gasteiger partial charge is 0.249 e. The summed E-state index contributed by atoms with van der Waals surface area (Å²) in [7, 11) is 0. The van der Waals surface area contributed by atoms with E-state index >= 15 is 0 Å². The molecule has 0 unspecified atom stereocenters. The van der Waals surface area contributed by atoms with Crippen molar-refractivity contribution in [3.8, 4) is 11.5 Å². The summed E-state index contributed by atoms with van der Waals surface area (Å²) >= 11 is 12.3. The Morgan fingerprint density at radius 1 is 0.971 bits per heavy atom. The fourth-order valence-electron chi connectivity index (χ4n) is 2.89. The standard InChI is InChI=1S/C25H23Cl2N3O4/c1-2-33-21-10-8-20(9-11-21)29-24(31)14-25(32)30-28-15-18-13-19(26)7-12-23(18)34-16-17-5-3-4-6-22(17)27/h3-13,15H,2,14,16H2,1H3,(H,29,31)(H,30,32). The number of carbonyl (C=O) groups is 2. The first-order chi connectivity index (χ1) is 16.4. The summed E-state index contributed by atoms with van der Waals surface area (Å²) in [6.45, 7) is 2.69. The van der Waals surface area contributed by atoms with Crippen LogP contribution in [0.4, 0.5) is 5.69 Å². The number of nitrogens with zero attached hydrogens (tertiary/aromatic N) is 1. The van der Waals surface area contributed by atoms with Crippen LogP contribution < -0.4 is 20.2 Å². The minimum absolute atomic E-state index is 0.250. The first-order valence-electron chi connectivity index (χ1n) is 10.4. The van der Waals surface area contributed by atoms with E-state index in [1.807, 2.05) is 25.1 Å². The molecule has 0 fully saturated rings. The number of nitrogens with one attached hydrogen (secondary N) is 2. The number of rotatable bonds is 10. The van der Waals surface area contributed by atoms with Crippen LogP contribution in [-0.4, -0.2) is 24.6 Å². The lowest BCUT2D eigenvalue weighted by atomic mass is 10.2. The van der Waals surface area contributed by atoms with Gasteiger partial charge in [0.15, 0.2) is 0 Å². The molecule has 0 aliphatic rings. The zero-order chi connectivity index (χ0) is 24.3. The summed E-state index contributed by atoms with van der Waals surface area (Å²) in [5.41, 5.74) is 4.27. The average Bonchev–Trinajstić information content (AvgIpc) is 2.81. The second kappa shape index (κ2) is 12.6. The number of anilines is 1. The van der Waals surface area contributed by atoms with Crippen molar-refractivity contribution in [2.75, 3.05) is 11.9 Å². The summed E-state index contributed by atoms with van der Waals surface area (Å²) in [5.74, 6) is 0.169. The van der Waals surface area contributed by atoms with Crippen molar-refractivity contribution >= 4 is 46.9 Å². The largest absolute Gasteiger partial charge is 0.494 e. The Morgan fingerprint density at radius 3 is 2.47 bits per heavy atom. The molecule has 0 bridgehead atoms. The van der Waals surface area contributed by atoms with Crippen LogP contribution in [0.5, 0.6) is 11.5 Å². The molecule has 9 heteroatoms. The van der Waals surface area contributed by atoms with Crippen LogP contribution in [0.3, 0.4) is 0 Å². The average molecular weight is 500 g/mol. The van der Waals surface area contributed by atoms with Gasteiger partial charge in [0, 0.05) is 26.9 Å². The third kappa shape index (κ3) is 7.79. The van der Waals surface area contributed by atoms with Gasteiger partial charge in [0.05, 0.1) is 12.8 Å². The summed E-state index contributed by atoms with van der Waals surface area (Å²) in [6, 6.07) is 19.3. The molecule has 2 N–H and O–H groups in total. The zero-order valence-corrected chi connectivity index (χ0v) is 19.9. The number of halogens is 2. The van der Waals surface area contributed by atoms with E-state index in [-0.39, 0.29) is 6.61 Å². The molecule has 0 atom stereocenters. The highest BCUT2D eigenvalue weighted by molar-refractivity contribution is 6.31. The van der Waals surface area contributed by atoms with Crippen molar-refractivity contribution in [2.24, 2.45) is 5.10 Å². The molecular weight excluding hydrogens is 477 g/mol. The third-order valence-corrected chi connectivity index (χ3v) is 5.08. The van der Waals surface area contributed by atoms with E-state index in [9.17, 15) is 9.59 Å². The van der Waals surface area contributed by atoms with Gasteiger partial charge in [-0.15, -0.1) is 0 Å². The maximum Gasteiger partial charge on any atom is 0.249 e. The Bertz CT molecular complexity index is 1170. The van der Waals surface area contributed by atoms with E-state index in [2.05, 4.69) is 15.8 Å². The Labute approximate surface area is 207 Å². The van der Waals surface area contributed by atoms with E-state index < -0.39 is 18.2 Å². The second-order valence-electron chi connectivity index (χ2n) is 7.04. The van der Waals surface area contributed by atoms with Crippen LogP contribution in [0.1, 0.15) is 24.5 Å². The van der Waals surface area contributed by atoms with Gasteiger partial charge in [-0.1, -0.05) is 41.4 Å². The van der Waals surface area contributed by atoms with Crippen molar-refractivity contribution in [2.45, 2.75) is 20.0 Å². The monoisotopic (exact) mass is 499 g/mol. The van der Waals surface area contributed by atoms with Gasteiger partial charge in [-0.3, -0.25) is 9.59 Å². The van der Waals surface area contributed by atoms with E-state index in [0.717, 1.165) is 5.56 Å². The Kier molecular flexibility index (Phi) is 9.31. The van der Waals surface area contributed by atoms with Crippen LogP contribution in [-0.2, 0) is 16.2 Å². The summed E-state index contributed by atoms with van der Waals surface area (Å²) in [4.78, 5) is 24.2. The first-order valence-corrected chi connectivity index (χ1v) is 11.2. The molecular formula is C25H23Cl2N3O4. The Balaban J connectivity index is 1.53. The van der Waals surface area contributed by atoms with Crippen molar-refractivity contribution in [3.63, 3.8) is 0 Å². The Morgan fingerprint density at radius 2 is 1.74 bits per heavy atom. The predicted molar refractivity (Wildman–Crippen MR) is 134 cm³/mol. The second-order valence-corrected chi connectivity index (χ2v) is 7.88. The molecule has 2 amide bonds. The fraction of sp³-hybridized carbons (Fsp3) is 0.160. The van der Waals surface area contributed by atoms with E-state index in [0.29, 0.717) is 39.4 Å². The van der Waals surface area contributed by atoms with E-state index in [1.165, 1.54) is 6.21 Å². The molecule has 0 saturated carbocycles. The quantitative estimate of drug-likeness (QED) is 0.220. The van der Waals surface area contributed by atoms with Crippen LogP contribution in [0.15, 0.2) is 71.8 Å². The lowest BCUT2D eigenvalue weighted by Gasteiger charge is -2.10. The molecule has 0 heterocycles. The van der Waals surface area contributed by atoms with Crippen molar-refractivity contribution in [3.05, 3.63) is 87.9 Å². The fourth-order valence-corrected chi connectivity index (χ4v) is 3.26. The number of benzene rings is 3. The number of hydrogen-bond donors (Lipinski definition) is 2. The van der Waals surface area contributed by atoms with Gasteiger partial charge in [-0.25, -0.2) is 5.43 Å². The van der Waals surface area contributed by atoms with Gasteiger partial charge >= 0.3 is 0 Å². The summed E-state index contributed by atoms with van der Waals surface area (Å²) in [5, 5.41) is 7.65. The van der Waals surface area contributed by atoms with Crippen molar-refractivity contribution < 1.29 is 19.1 Å². The molecule has 176 valence electrons. The third-order valence-electron chi connectivity index (χ3n) is 4.48. The van der Waals surface area contributed by atoms with Crippen molar-refractivity contribution in [1.29, 1.82) is 0 Å². The van der Waals surface area contributed by atoms with Crippen LogP contribution in [0, 0.1) is 0 Å². The van der Waals surface area contributed by atoms with Crippen LogP contribution in [0.25, 0.3) is 0 Å². The molecule has 0 saturated heterocycles. The molecule has 0 aromatic heterocycles. The highest BCUT2D eigenvalue weighted by atomic mass is 35.5. The van der Waals surface area contributed by atoms with E-state index in [1.54, 1.807) is 48.5 Å². The van der Waals surface area contributed by atoms with Gasteiger partial charge in [0.1, 0.15) is 24.5 Å². The molecule has 3 aromatic rings. The van der Waals surface area contributed by atoms with Crippen LogP contribution >= 0.6 is 23.2 Å². The normalized spacial score (nSPS) is 10.7. The van der Waals surface area contributed by atoms with Gasteiger partial charge in [0.25, 0.3) is 0 Å². The highest BCUT2D eigenvalue weighted by Crippen LogP contribution is 2.24. The SMILES string of the molecule is CCOc1ccc(NC(=O)CC(=O)NN=Cc2cc(Cl)ccc2OCc2ccccc2Cl)cc1. The number of carbonyl (C=O) groups excluding carboxylic acids is 2. The molecule has 0 radical (unpaired) electrons. The zero-order valence-electron chi connectivity index (χ0n) is 18.4. The van der Waals surface area contributed by atoms with Gasteiger partial charge in [-0.2, -0.15) is 5.10 Å². The maximum atomic E-state index is 12.1. The van der Waals surface area contributed by atoms with Gasteiger partial charge in [0.2, 0.25) is 11.8 Å². The molecule has 0 aliphatic heterocycles. The van der Waals surface area contributed by atoms with Gasteiger partial charge < -0.3 is 14.8 Å². The molecule has 0 aliphatic carbocycles. The summed E-state index contributed by atoms with van der Waals surface area (Å²) in [6.07, 6.45) is 1.01. The Hall–Kier alpha value is -3.55. The number of ether oxygens (including phenoxy) is 2. The molecule has 3 aromatic carbocycles. The predicted octanol–water partition coefficient (Wildman–Crippen LogP) is 5.45. The molecule has 0 spiro atoms. The first kappa shape index (κ1) is 25.1. The molecule has 7 nitrogen and oxygen atoms in total. The topological polar surface area (TPSA) is 89.0 Å². The number of hydrazone groups is 1. The molecule has 34 heavy (non-hydrogen) atoms. The minimum atomic E-state index is -0.569. The van der Waals surface area contributed by atoms with Crippen LogP contribution in [0.2, 0.25) is 10.0 Å². The lowest BCUT2D eigenvalue weighted by molar-refractivity contribution is -0.126. The van der Waals surface area contributed by atoms with Crippen molar-refractivity contribution in [1.82, 2.24) is 5.43 Å². The maximum absolute atomic E-state index is 12.1. The lowest BCUT2D eigenvalue weighted by Crippen LogP contribution is -2.24. The van der Waals surface area contributed by atoms with Gasteiger partial charge in [-0.05, 0) is 55.5 Å². The molecule has 3 rings (SSSR count). The number of amides is 2. The number of hydrogen-bond acceptors (Lipinski definition) is 5.